The summed E-state index contributed by atoms with van der Waals surface area (Å²) in [6, 6.07) is 2.02. The molecule has 0 radical (unpaired) electrons. The third kappa shape index (κ3) is 3.20. The molecule has 1 N–H and O–H groups in total. The Kier molecular flexibility index (Phi) is 4.09. The molecule has 1 heterocycles. The summed E-state index contributed by atoms with van der Waals surface area (Å²) in [6.45, 7) is 7.36. The SMILES string of the molecule is Cc1cc(N(C)CC(C)C)c(CO)cn1. The molecule has 1 rings (SSSR count). The lowest BCUT2D eigenvalue weighted by molar-refractivity contribution is 0.281. The Hall–Kier alpha value is -1.09. The molecule has 1 aromatic rings. The molecule has 0 aliphatic rings. The third-order valence-electron chi connectivity index (χ3n) is 2.32. The van der Waals surface area contributed by atoms with Crippen molar-refractivity contribution in [3.05, 3.63) is 23.5 Å². The first-order chi connectivity index (χ1) is 7.04. The summed E-state index contributed by atoms with van der Waals surface area (Å²) in [6.07, 6.45) is 1.75. The van der Waals surface area contributed by atoms with Crippen LogP contribution in [0.25, 0.3) is 0 Å². The summed E-state index contributed by atoms with van der Waals surface area (Å²) in [5.74, 6) is 0.606. The Labute approximate surface area is 91.8 Å². The van der Waals surface area contributed by atoms with Crippen LogP contribution in [0.1, 0.15) is 25.1 Å². The van der Waals surface area contributed by atoms with Gasteiger partial charge in [0.1, 0.15) is 0 Å². The van der Waals surface area contributed by atoms with Gasteiger partial charge in [-0.15, -0.1) is 0 Å². The van der Waals surface area contributed by atoms with Crippen LogP contribution in [0.5, 0.6) is 0 Å². The van der Waals surface area contributed by atoms with Crippen molar-refractivity contribution in [2.45, 2.75) is 27.4 Å². The van der Waals surface area contributed by atoms with Gasteiger partial charge in [0.2, 0.25) is 0 Å². The van der Waals surface area contributed by atoms with E-state index in [2.05, 4.69) is 23.7 Å². The van der Waals surface area contributed by atoms with Crippen molar-refractivity contribution < 1.29 is 5.11 Å². The number of nitrogens with zero attached hydrogens (tertiary/aromatic N) is 2. The maximum atomic E-state index is 9.23. The van der Waals surface area contributed by atoms with E-state index < -0.39 is 0 Å². The van der Waals surface area contributed by atoms with Gasteiger partial charge in [-0.1, -0.05) is 13.8 Å². The van der Waals surface area contributed by atoms with E-state index in [1.54, 1.807) is 6.20 Å². The summed E-state index contributed by atoms with van der Waals surface area (Å²) >= 11 is 0. The van der Waals surface area contributed by atoms with E-state index in [4.69, 9.17) is 0 Å². The number of aliphatic hydroxyl groups excluding tert-OH is 1. The van der Waals surface area contributed by atoms with Gasteiger partial charge in [-0.2, -0.15) is 0 Å². The number of aromatic nitrogens is 1. The molecule has 0 aromatic carbocycles. The Morgan fingerprint density at radius 3 is 2.67 bits per heavy atom. The molecular formula is C12H20N2O. The van der Waals surface area contributed by atoms with E-state index in [1.807, 2.05) is 20.0 Å². The van der Waals surface area contributed by atoms with Crippen molar-refractivity contribution in [3.63, 3.8) is 0 Å². The lowest BCUT2D eigenvalue weighted by atomic mass is 10.1. The van der Waals surface area contributed by atoms with Crippen LogP contribution in [0.15, 0.2) is 12.3 Å². The maximum absolute atomic E-state index is 9.23. The van der Waals surface area contributed by atoms with Crippen molar-refractivity contribution in [2.75, 3.05) is 18.5 Å². The smallest absolute Gasteiger partial charge is 0.0717 e. The van der Waals surface area contributed by atoms with E-state index in [0.29, 0.717) is 5.92 Å². The molecule has 0 saturated carbocycles. The van der Waals surface area contributed by atoms with Crippen LogP contribution >= 0.6 is 0 Å². The zero-order valence-electron chi connectivity index (χ0n) is 9.99. The topological polar surface area (TPSA) is 36.4 Å². The molecular weight excluding hydrogens is 188 g/mol. The van der Waals surface area contributed by atoms with Crippen molar-refractivity contribution in [1.82, 2.24) is 4.98 Å². The lowest BCUT2D eigenvalue weighted by Crippen LogP contribution is -2.23. The molecule has 0 unspecified atom stereocenters. The molecule has 0 atom stereocenters. The summed E-state index contributed by atoms with van der Waals surface area (Å²) < 4.78 is 0. The average Bonchev–Trinajstić information content (AvgIpc) is 2.16. The zero-order chi connectivity index (χ0) is 11.4. The standard InChI is InChI=1S/C12H20N2O/c1-9(2)7-14(4)12-5-10(3)13-6-11(12)8-15/h5-6,9,15H,7-8H2,1-4H3. The van der Waals surface area contributed by atoms with Crippen LogP contribution in [0.4, 0.5) is 5.69 Å². The molecule has 3 nitrogen and oxygen atoms in total. The number of aliphatic hydroxyl groups is 1. The number of rotatable bonds is 4. The molecule has 1 aromatic heterocycles. The Balaban J connectivity index is 2.94. The monoisotopic (exact) mass is 208 g/mol. The predicted octanol–water partition coefficient (Wildman–Crippen LogP) is 1.97. The van der Waals surface area contributed by atoms with Crippen LogP contribution in [0, 0.1) is 12.8 Å². The third-order valence-corrected chi connectivity index (χ3v) is 2.32. The highest BCUT2D eigenvalue weighted by Gasteiger charge is 2.09. The van der Waals surface area contributed by atoms with E-state index in [9.17, 15) is 5.11 Å². The number of aryl methyl sites for hydroxylation is 1. The first-order valence-electron chi connectivity index (χ1n) is 5.32. The highest BCUT2D eigenvalue weighted by atomic mass is 16.3. The van der Waals surface area contributed by atoms with Crippen LogP contribution < -0.4 is 4.90 Å². The lowest BCUT2D eigenvalue weighted by Gasteiger charge is -2.24. The second kappa shape index (κ2) is 5.12. The van der Waals surface area contributed by atoms with E-state index in [0.717, 1.165) is 23.5 Å². The molecule has 0 fully saturated rings. The van der Waals surface area contributed by atoms with Crippen LogP contribution in [0.3, 0.4) is 0 Å². The van der Waals surface area contributed by atoms with Gasteiger partial charge in [0, 0.05) is 36.7 Å². The summed E-state index contributed by atoms with van der Waals surface area (Å²) in [5, 5.41) is 9.23. The minimum absolute atomic E-state index is 0.0467. The Morgan fingerprint density at radius 1 is 1.47 bits per heavy atom. The molecule has 0 bridgehead atoms. The first kappa shape index (κ1) is 12.0. The first-order valence-corrected chi connectivity index (χ1v) is 5.32. The van der Waals surface area contributed by atoms with E-state index in [1.165, 1.54) is 0 Å². The van der Waals surface area contributed by atoms with E-state index >= 15 is 0 Å². The molecule has 0 spiro atoms. The van der Waals surface area contributed by atoms with Crippen molar-refractivity contribution in [3.8, 4) is 0 Å². The summed E-state index contributed by atoms with van der Waals surface area (Å²) in [5.41, 5.74) is 2.96. The minimum atomic E-state index is 0.0467. The summed E-state index contributed by atoms with van der Waals surface area (Å²) in [4.78, 5) is 6.36. The van der Waals surface area contributed by atoms with Gasteiger partial charge in [-0.25, -0.2) is 0 Å². The Bertz CT molecular complexity index is 323. The van der Waals surface area contributed by atoms with Crippen molar-refractivity contribution in [1.29, 1.82) is 0 Å². The van der Waals surface area contributed by atoms with Gasteiger partial charge >= 0.3 is 0 Å². The molecule has 0 aliphatic carbocycles. The van der Waals surface area contributed by atoms with Gasteiger partial charge in [0.25, 0.3) is 0 Å². The highest BCUT2D eigenvalue weighted by molar-refractivity contribution is 5.52. The Morgan fingerprint density at radius 2 is 2.13 bits per heavy atom. The average molecular weight is 208 g/mol. The van der Waals surface area contributed by atoms with Gasteiger partial charge in [0.15, 0.2) is 0 Å². The molecule has 0 saturated heterocycles. The van der Waals surface area contributed by atoms with Crippen molar-refractivity contribution in [2.24, 2.45) is 5.92 Å². The second-order valence-electron chi connectivity index (χ2n) is 4.39. The fourth-order valence-corrected chi connectivity index (χ4v) is 1.70. The largest absolute Gasteiger partial charge is 0.392 e. The number of hydrogen-bond donors (Lipinski definition) is 1. The molecule has 15 heavy (non-hydrogen) atoms. The molecule has 0 amide bonds. The van der Waals surface area contributed by atoms with Crippen LogP contribution in [-0.2, 0) is 6.61 Å². The zero-order valence-corrected chi connectivity index (χ0v) is 9.99. The molecule has 3 heteroatoms. The predicted molar refractivity (Wildman–Crippen MR) is 63.0 cm³/mol. The normalized spacial score (nSPS) is 10.8. The van der Waals surface area contributed by atoms with Gasteiger partial charge < -0.3 is 10.0 Å². The van der Waals surface area contributed by atoms with Crippen LogP contribution in [-0.4, -0.2) is 23.7 Å². The number of hydrogen-bond acceptors (Lipinski definition) is 3. The highest BCUT2D eigenvalue weighted by Crippen LogP contribution is 2.20. The van der Waals surface area contributed by atoms with Gasteiger partial charge in [-0.3, -0.25) is 4.98 Å². The number of anilines is 1. The fourth-order valence-electron chi connectivity index (χ4n) is 1.70. The summed E-state index contributed by atoms with van der Waals surface area (Å²) in [7, 11) is 2.05. The van der Waals surface area contributed by atoms with Crippen molar-refractivity contribution >= 4 is 5.69 Å². The fraction of sp³-hybridized carbons (Fsp3) is 0.583. The maximum Gasteiger partial charge on any atom is 0.0717 e. The number of pyridine rings is 1. The second-order valence-corrected chi connectivity index (χ2v) is 4.39. The van der Waals surface area contributed by atoms with E-state index in [-0.39, 0.29) is 6.61 Å². The van der Waals surface area contributed by atoms with Gasteiger partial charge in [-0.05, 0) is 18.9 Å². The minimum Gasteiger partial charge on any atom is -0.392 e. The molecule has 84 valence electrons. The quantitative estimate of drug-likeness (QED) is 0.822. The molecule has 0 aliphatic heterocycles. The van der Waals surface area contributed by atoms with Gasteiger partial charge in [0.05, 0.1) is 6.61 Å². The van der Waals surface area contributed by atoms with Crippen LogP contribution in [0.2, 0.25) is 0 Å².